The summed E-state index contributed by atoms with van der Waals surface area (Å²) in [6, 6.07) is 20.8. The highest BCUT2D eigenvalue weighted by Crippen LogP contribution is 2.22. The Morgan fingerprint density at radius 2 is 1.73 bits per heavy atom. The number of benzene rings is 3. The fraction of sp³-hybridized carbons (Fsp3) is 0.167. The van der Waals surface area contributed by atoms with Gasteiger partial charge in [0.25, 0.3) is 15.9 Å². The van der Waals surface area contributed by atoms with E-state index in [1.165, 1.54) is 23.5 Å². The van der Waals surface area contributed by atoms with E-state index in [1.807, 2.05) is 35.8 Å². The number of nitrogens with one attached hydrogen (secondary N) is 1. The molecule has 0 saturated heterocycles. The normalized spacial score (nSPS) is 12.2. The summed E-state index contributed by atoms with van der Waals surface area (Å²) in [5, 5.41) is 0. The van der Waals surface area contributed by atoms with Crippen LogP contribution in [0.3, 0.4) is 0 Å². The van der Waals surface area contributed by atoms with Crippen LogP contribution in [0.4, 0.5) is 5.69 Å². The number of fused-ring (bicyclic) bond motifs is 1. The molecule has 1 amide bonds. The maximum Gasteiger partial charge on any atom is 0.281 e. The summed E-state index contributed by atoms with van der Waals surface area (Å²) in [5.74, 6) is -0.532. The Morgan fingerprint density at radius 1 is 1.03 bits per heavy atom. The maximum absolute atomic E-state index is 13.2. The van der Waals surface area contributed by atoms with Crippen molar-refractivity contribution < 1.29 is 17.9 Å². The lowest BCUT2D eigenvalue weighted by molar-refractivity contribution is 0.0998. The third-order valence-corrected chi connectivity index (χ3v) is 7.48. The van der Waals surface area contributed by atoms with Crippen LogP contribution in [0.15, 0.2) is 82.7 Å². The van der Waals surface area contributed by atoms with Gasteiger partial charge < -0.3 is 9.30 Å². The van der Waals surface area contributed by atoms with E-state index in [2.05, 4.69) is 9.71 Å². The second kappa shape index (κ2) is 9.70. The SMILES string of the molecule is COCCn1c(=NC(=O)c2ccccc2NS(=O)(=O)c2ccc(C)cc2)sc2ccccc21. The van der Waals surface area contributed by atoms with Gasteiger partial charge in [0.2, 0.25) is 0 Å². The van der Waals surface area contributed by atoms with Gasteiger partial charge >= 0.3 is 0 Å². The van der Waals surface area contributed by atoms with Crippen LogP contribution in [0.25, 0.3) is 10.2 Å². The first-order valence-electron chi connectivity index (χ1n) is 10.2. The summed E-state index contributed by atoms with van der Waals surface area (Å²) < 4.78 is 36.4. The standard InChI is InChI=1S/C24H23N3O4S2/c1-17-11-13-18(14-12-17)33(29,30)26-20-8-4-3-7-19(20)23(28)25-24-27(15-16-31-2)21-9-5-6-10-22(21)32-24/h3-14,26H,15-16H2,1-2H3. The Kier molecular flexibility index (Phi) is 6.73. The second-order valence-corrected chi connectivity index (χ2v) is 10.1. The number of para-hydroxylation sites is 2. The number of carbonyl (C=O) groups is 1. The van der Waals surface area contributed by atoms with Gasteiger partial charge in [0.15, 0.2) is 4.80 Å². The molecule has 0 spiro atoms. The van der Waals surface area contributed by atoms with Crippen LogP contribution in [0.5, 0.6) is 0 Å². The fourth-order valence-corrected chi connectivity index (χ4v) is 5.47. The number of anilines is 1. The summed E-state index contributed by atoms with van der Waals surface area (Å²) in [6.07, 6.45) is 0. The summed E-state index contributed by atoms with van der Waals surface area (Å²) >= 11 is 1.40. The summed E-state index contributed by atoms with van der Waals surface area (Å²) in [7, 11) is -2.24. The van der Waals surface area contributed by atoms with Gasteiger partial charge in [0.1, 0.15) is 0 Å². The van der Waals surface area contributed by atoms with Crippen molar-refractivity contribution in [1.29, 1.82) is 0 Å². The molecule has 0 atom stereocenters. The van der Waals surface area contributed by atoms with Gasteiger partial charge in [-0.05, 0) is 43.3 Å². The third-order valence-electron chi connectivity index (χ3n) is 5.04. The van der Waals surface area contributed by atoms with Crippen LogP contribution in [0, 0.1) is 6.92 Å². The first kappa shape index (κ1) is 22.9. The van der Waals surface area contributed by atoms with Crippen molar-refractivity contribution in [3.63, 3.8) is 0 Å². The van der Waals surface area contributed by atoms with E-state index >= 15 is 0 Å². The molecule has 4 aromatic rings. The molecule has 1 aromatic heterocycles. The predicted molar refractivity (Wildman–Crippen MR) is 130 cm³/mol. The number of rotatable bonds is 7. The van der Waals surface area contributed by atoms with Crippen LogP contribution in [0.1, 0.15) is 15.9 Å². The smallest absolute Gasteiger partial charge is 0.281 e. The molecule has 1 N–H and O–H groups in total. The van der Waals surface area contributed by atoms with E-state index in [0.29, 0.717) is 18.0 Å². The van der Waals surface area contributed by atoms with E-state index in [9.17, 15) is 13.2 Å². The lowest BCUT2D eigenvalue weighted by Gasteiger charge is -2.11. The molecular formula is C24H23N3O4S2. The van der Waals surface area contributed by atoms with Crippen LogP contribution >= 0.6 is 11.3 Å². The van der Waals surface area contributed by atoms with E-state index in [-0.39, 0.29) is 16.1 Å². The lowest BCUT2D eigenvalue weighted by Crippen LogP contribution is -2.20. The topological polar surface area (TPSA) is 89.8 Å². The Bertz CT molecular complexity index is 1470. The number of sulfonamides is 1. The highest BCUT2D eigenvalue weighted by molar-refractivity contribution is 7.92. The third kappa shape index (κ3) is 5.05. The largest absolute Gasteiger partial charge is 0.383 e. The van der Waals surface area contributed by atoms with Gasteiger partial charge in [-0.2, -0.15) is 4.99 Å². The molecule has 0 saturated carbocycles. The van der Waals surface area contributed by atoms with Crippen molar-refractivity contribution in [2.75, 3.05) is 18.4 Å². The van der Waals surface area contributed by atoms with E-state index in [1.54, 1.807) is 43.5 Å². The first-order valence-corrected chi connectivity index (χ1v) is 12.5. The van der Waals surface area contributed by atoms with Gasteiger partial charge in [-0.15, -0.1) is 0 Å². The molecule has 0 aliphatic heterocycles. The predicted octanol–water partition coefficient (Wildman–Crippen LogP) is 4.20. The molecule has 170 valence electrons. The fourth-order valence-electron chi connectivity index (χ4n) is 3.33. The van der Waals surface area contributed by atoms with Crippen LogP contribution in [-0.4, -0.2) is 32.6 Å². The number of aryl methyl sites for hydroxylation is 1. The van der Waals surface area contributed by atoms with Crippen molar-refractivity contribution >= 4 is 43.2 Å². The van der Waals surface area contributed by atoms with Gasteiger partial charge in [-0.1, -0.05) is 53.3 Å². The molecule has 0 aliphatic carbocycles. The molecule has 0 radical (unpaired) electrons. The Hall–Kier alpha value is -3.27. The van der Waals surface area contributed by atoms with Crippen molar-refractivity contribution in [3.05, 3.63) is 88.7 Å². The number of hydrogen-bond donors (Lipinski definition) is 1. The van der Waals surface area contributed by atoms with E-state index < -0.39 is 15.9 Å². The Labute approximate surface area is 196 Å². The molecule has 3 aromatic carbocycles. The van der Waals surface area contributed by atoms with Crippen LogP contribution in [0.2, 0.25) is 0 Å². The molecule has 0 fully saturated rings. The zero-order valence-electron chi connectivity index (χ0n) is 18.2. The molecule has 9 heteroatoms. The van der Waals surface area contributed by atoms with Gasteiger partial charge in [-0.3, -0.25) is 9.52 Å². The van der Waals surface area contributed by atoms with Crippen LogP contribution < -0.4 is 9.52 Å². The maximum atomic E-state index is 13.2. The van der Waals surface area contributed by atoms with Crippen LogP contribution in [-0.2, 0) is 21.3 Å². The van der Waals surface area contributed by atoms with Crippen molar-refractivity contribution in [2.24, 2.45) is 4.99 Å². The molecule has 0 aliphatic rings. The van der Waals surface area contributed by atoms with E-state index in [4.69, 9.17) is 4.74 Å². The number of ether oxygens (including phenoxy) is 1. The number of hydrogen-bond acceptors (Lipinski definition) is 5. The monoisotopic (exact) mass is 481 g/mol. The molecule has 1 heterocycles. The molecule has 0 bridgehead atoms. The second-order valence-electron chi connectivity index (χ2n) is 7.38. The zero-order chi connectivity index (χ0) is 23.4. The number of carbonyl (C=O) groups excluding carboxylic acids is 1. The average molecular weight is 482 g/mol. The number of aromatic nitrogens is 1. The average Bonchev–Trinajstić information content (AvgIpc) is 3.14. The zero-order valence-corrected chi connectivity index (χ0v) is 19.8. The Balaban J connectivity index is 1.72. The number of methoxy groups -OCH3 is 1. The summed E-state index contributed by atoms with van der Waals surface area (Å²) in [6.45, 7) is 2.88. The first-order chi connectivity index (χ1) is 15.9. The van der Waals surface area contributed by atoms with Gasteiger partial charge in [0.05, 0.1) is 33.0 Å². The summed E-state index contributed by atoms with van der Waals surface area (Å²) in [4.78, 5) is 18.2. The summed E-state index contributed by atoms with van der Waals surface area (Å²) in [5.41, 5.74) is 2.26. The van der Waals surface area contributed by atoms with Crippen molar-refractivity contribution in [2.45, 2.75) is 18.4 Å². The van der Waals surface area contributed by atoms with Gasteiger partial charge in [0, 0.05) is 13.7 Å². The molecule has 7 nitrogen and oxygen atoms in total. The quantitative estimate of drug-likeness (QED) is 0.428. The molecule has 4 rings (SSSR count). The highest BCUT2D eigenvalue weighted by atomic mass is 32.2. The molecule has 33 heavy (non-hydrogen) atoms. The van der Waals surface area contributed by atoms with E-state index in [0.717, 1.165) is 15.8 Å². The minimum Gasteiger partial charge on any atom is -0.383 e. The van der Waals surface area contributed by atoms with Gasteiger partial charge in [-0.25, -0.2) is 8.42 Å². The minimum atomic E-state index is -3.86. The Morgan fingerprint density at radius 3 is 2.48 bits per heavy atom. The van der Waals surface area contributed by atoms with Crippen molar-refractivity contribution in [3.8, 4) is 0 Å². The van der Waals surface area contributed by atoms with Crippen molar-refractivity contribution in [1.82, 2.24) is 4.57 Å². The lowest BCUT2D eigenvalue weighted by atomic mass is 10.2. The number of thiazole rings is 1. The number of nitrogens with zero attached hydrogens (tertiary/aromatic N) is 2. The molecule has 0 unspecified atom stereocenters. The highest BCUT2D eigenvalue weighted by Gasteiger charge is 2.19. The number of amides is 1. The minimum absolute atomic E-state index is 0.120. The molecular weight excluding hydrogens is 458 g/mol.